The van der Waals surface area contributed by atoms with Crippen molar-refractivity contribution in [3.8, 4) is 6.07 Å². The van der Waals surface area contributed by atoms with Crippen LogP contribution in [0.2, 0.25) is 0 Å². The average Bonchev–Trinajstić information content (AvgIpc) is 2.65. The summed E-state index contributed by atoms with van der Waals surface area (Å²) in [6, 6.07) is 5.59. The molecule has 0 saturated heterocycles. The second-order valence-corrected chi connectivity index (χ2v) is 3.70. The Kier molecular flexibility index (Phi) is 2.68. The van der Waals surface area contributed by atoms with Gasteiger partial charge in [-0.15, -0.1) is 0 Å². The molecule has 2 rings (SSSR count). The van der Waals surface area contributed by atoms with Gasteiger partial charge in [0.05, 0.1) is 17.1 Å². The predicted octanol–water partition coefficient (Wildman–Crippen LogP) is 2.25. The number of benzene rings is 1. The van der Waals surface area contributed by atoms with Gasteiger partial charge in [0.15, 0.2) is 0 Å². The van der Waals surface area contributed by atoms with Gasteiger partial charge in [0, 0.05) is 18.4 Å². The number of nitriles is 1. The van der Waals surface area contributed by atoms with E-state index in [0.717, 1.165) is 0 Å². The van der Waals surface area contributed by atoms with Crippen LogP contribution in [0.3, 0.4) is 0 Å². The zero-order chi connectivity index (χ0) is 12.5. The Morgan fingerprint density at radius 2 is 2.00 bits per heavy atom. The van der Waals surface area contributed by atoms with Crippen LogP contribution in [-0.2, 0) is 5.92 Å². The first-order valence-corrected chi connectivity index (χ1v) is 5.00. The largest absolute Gasteiger partial charge is 0.323 e. The van der Waals surface area contributed by atoms with E-state index in [0.29, 0.717) is 11.0 Å². The fourth-order valence-electron chi connectivity index (χ4n) is 1.62. The molecule has 0 fully saturated rings. The molecule has 0 unspecified atom stereocenters. The van der Waals surface area contributed by atoms with E-state index in [9.17, 15) is 13.6 Å². The van der Waals surface area contributed by atoms with Gasteiger partial charge in [-0.3, -0.25) is 0 Å². The summed E-state index contributed by atoms with van der Waals surface area (Å²) < 4.78 is 27.2. The predicted molar refractivity (Wildman–Crippen MR) is 57.7 cm³/mol. The number of aromatic amines is 2. The van der Waals surface area contributed by atoms with Gasteiger partial charge in [0.1, 0.15) is 0 Å². The molecular formula is C11H9F2N3O. The van der Waals surface area contributed by atoms with Crippen LogP contribution >= 0.6 is 0 Å². The maximum absolute atomic E-state index is 13.6. The second-order valence-electron chi connectivity index (χ2n) is 3.70. The minimum Gasteiger partial charge on any atom is -0.306 e. The summed E-state index contributed by atoms with van der Waals surface area (Å²) in [6.07, 6.45) is -0.738. The van der Waals surface area contributed by atoms with Crippen molar-refractivity contribution in [1.82, 2.24) is 9.97 Å². The van der Waals surface area contributed by atoms with E-state index < -0.39 is 18.0 Å². The normalized spacial score (nSPS) is 11.6. The molecule has 2 N–H and O–H groups in total. The van der Waals surface area contributed by atoms with Crippen molar-refractivity contribution in [2.45, 2.75) is 18.8 Å². The van der Waals surface area contributed by atoms with E-state index in [-0.39, 0.29) is 12.0 Å². The van der Waals surface area contributed by atoms with E-state index >= 15 is 0 Å². The van der Waals surface area contributed by atoms with Gasteiger partial charge in [-0.05, 0) is 12.1 Å². The monoisotopic (exact) mass is 237 g/mol. The highest BCUT2D eigenvalue weighted by molar-refractivity contribution is 5.75. The number of hydrogen-bond donors (Lipinski definition) is 2. The maximum Gasteiger partial charge on any atom is 0.323 e. The highest BCUT2D eigenvalue weighted by atomic mass is 19.3. The van der Waals surface area contributed by atoms with Gasteiger partial charge in [-0.2, -0.15) is 5.26 Å². The molecule has 0 spiro atoms. The van der Waals surface area contributed by atoms with Crippen molar-refractivity contribution in [2.75, 3.05) is 0 Å². The Morgan fingerprint density at radius 3 is 2.71 bits per heavy atom. The fraction of sp³-hybridized carbons (Fsp3) is 0.273. The van der Waals surface area contributed by atoms with Gasteiger partial charge >= 0.3 is 5.69 Å². The van der Waals surface area contributed by atoms with E-state index in [4.69, 9.17) is 5.26 Å². The topological polar surface area (TPSA) is 72.4 Å². The first kappa shape index (κ1) is 11.3. The number of imidazole rings is 1. The smallest absolute Gasteiger partial charge is 0.306 e. The van der Waals surface area contributed by atoms with E-state index in [1.165, 1.54) is 18.2 Å². The fourth-order valence-corrected chi connectivity index (χ4v) is 1.62. The Bertz CT molecular complexity index is 636. The molecule has 0 aliphatic rings. The van der Waals surface area contributed by atoms with Crippen molar-refractivity contribution in [1.29, 1.82) is 5.26 Å². The van der Waals surface area contributed by atoms with Crippen LogP contribution < -0.4 is 5.69 Å². The van der Waals surface area contributed by atoms with Crippen LogP contribution in [0.25, 0.3) is 11.0 Å². The number of halogens is 2. The van der Waals surface area contributed by atoms with Gasteiger partial charge < -0.3 is 9.97 Å². The lowest BCUT2D eigenvalue weighted by molar-refractivity contribution is -0.0118. The highest BCUT2D eigenvalue weighted by Gasteiger charge is 2.31. The number of nitrogens with one attached hydrogen (secondary N) is 2. The molecule has 0 amide bonds. The number of H-pyrrole nitrogens is 2. The van der Waals surface area contributed by atoms with Gasteiger partial charge in [-0.1, -0.05) is 6.07 Å². The molecule has 4 nitrogen and oxygen atoms in total. The van der Waals surface area contributed by atoms with Crippen LogP contribution in [0, 0.1) is 11.3 Å². The molecular weight excluding hydrogens is 228 g/mol. The number of nitrogens with zero attached hydrogens (tertiary/aromatic N) is 1. The van der Waals surface area contributed by atoms with Crippen molar-refractivity contribution in [2.24, 2.45) is 0 Å². The summed E-state index contributed by atoms with van der Waals surface area (Å²) in [7, 11) is 0. The van der Waals surface area contributed by atoms with Crippen molar-refractivity contribution in [3.63, 3.8) is 0 Å². The lowest BCUT2D eigenvalue weighted by atomic mass is 10.0. The molecule has 2 aromatic rings. The standard InChI is InChI=1S/C11H9F2N3O/c12-11(13,4-1-5-14)7-2-3-8-9(6-7)16-10(17)15-8/h2-3,6H,1,4H2,(H2,15,16,17). The molecule has 0 bridgehead atoms. The molecule has 88 valence electrons. The second kappa shape index (κ2) is 4.01. The Balaban J connectivity index is 2.42. The summed E-state index contributed by atoms with van der Waals surface area (Å²) >= 11 is 0. The third kappa shape index (κ3) is 2.18. The molecule has 0 radical (unpaired) electrons. The molecule has 1 aromatic carbocycles. The van der Waals surface area contributed by atoms with Crippen LogP contribution in [0.5, 0.6) is 0 Å². The number of alkyl halides is 2. The maximum atomic E-state index is 13.6. The molecule has 17 heavy (non-hydrogen) atoms. The summed E-state index contributed by atoms with van der Waals surface area (Å²) in [5.74, 6) is -3.06. The number of aromatic nitrogens is 2. The minimum atomic E-state index is -3.06. The van der Waals surface area contributed by atoms with Crippen LogP contribution in [-0.4, -0.2) is 9.97 Å². The average molecular weight is 237 g/mol. The highest BCUT2D eigenvalue weighted by Crippen LogP contribution is 2.33. The summed E-state index contributed by atoms with van der Waals surface area (Å²) in [5.41, 5.74) is 0.187. The van der Waals surface area contributed by atoms with Crippen molar-refractivity contribution < 1.29 is 8.78 Å². The molecule has 0 aliphatic heterocycles. The summed E-state index contributed by atoms with van der Waals surface area (Å²) in [5, 5.41) is 8.32. The van der Waals surface area contributed by atoms with E-state index in [1.807, 2.05) is 0 Å². The quantitative estimate of drug-likeness (QED) is 0.859. The Morgan fingerprint density at radius 1 is 1.29 bits per heavy atom. The van der Waals surface area contributed by atoms with Gasteiger partial charge in [0.25, 0.3) is 5.92 Å². The Hall–Kier alpha value is -2.16. The number of fused-ring (bicyclic) bond motifs is 1. The van der Waals surface area contributed by atoms with Gasteiger partial charge in [-0.25, -0.2) is 13.6 Å². The molecule has 6 heteroatoms. The molecule has 1 aromatic heterocycles. The number of hydrogen-bond acceptors (Lipinski definition) is 2. The lowest BCUT2D eigenvalue weighted by Gasteiger charge is -2.14. The van der Waals surface area contributed by atoms with Crippen LogP contribution in [0.4, 0.5) is 8.78 Å². The molecule has 0 saturated carbocycles. The zero-order valence-corrected chi connectivity index (χ0v) is 8.76. The lowest BCUT2D eigenvalue weighted by Crippen LogP contribution is -2.12. The van der Waals surface area contributed by atoms with E-state index in [1.54, 1.807) is 6.07 Å². The van der Waals surface area contributed by atoms with Crippen molar-refractivity contribution in [3.05, 3.63) is 34.2 Å². The SMILES string of the molecule is N#CCCC(F)(F)c1ccc2[nH]c(=O)[nH]c2c1. The molecule has 0 atom stereocenters. The van der Waals surface area contributed by atoms with Crippen molar-refractivity contribution >= 4 is 11.0 Å². The van der Waals surface area contributed by atoms with Crippen LogP contribution in [0.1, 0.15) is 18.4 Å². The number of rotatable bonds is 3. The summed E-state index contributed by atoms with van der Waals surface area (Å²) in [6.45, 7) is 0. The third-order valence-corrected chi connectivity index (χ3v) is 2.49. The van der Waals surface area contributed by atoms with E-state index in [2.05, 4.69) is 9.97 Å². The summed E-state index contributed by atoms with van der Waals surface area (Å²) in [4.78, 5) is 15.9. The third-order valence-electron chi connectivity index (χ3n) is 2.49. The molecule has 1 heterocycles. The first-order valence-electron chi connectivity index (χ1n) is 5.00. The Labute approximate surface area is 94.9 Å². The van der Waals surface area contributed by atoms with Crippen LogP contribution in [0.15, 0.2) is 23.0 Å². The minimum absolute atomic E-state index is 0.199. The van der Waals surface area contributed by atoms with Gasteiger partial charge in [0.2, 0.25) is 0 Å². The zero-order valence-electron chi connectivity index (χ0n) is 8.76. The first-order chi connectivity index (χ1) is 8.03. The molecule has 0 aliphatic carbocycles.